The van der Waals surface area contributed by atoms with Gasteiger partial charge in [-0.25, -0.2) is 4.99 Å². The number of rotatable bonds is 7. The van der Waals surface area contributed by atoms with Crippen molar-refractivity contribution in [1.29, 1.82) is 0 Å². The molecule has 0 saturated carbocycles. The monoisotopic (exact) mass is 495 g/mol. The molecule has 4 rings (SSSR count). The maximum atomic E-state index is 13.2. The number of aliphatic imine (C=N–C) groups is 1. The van der Waals surface area contributed by atoms with E-state index in [0.29, 0.717) is 23.2 Å². The van der Waals surface area contributed by atoms with Crippen LogP contribution >= 0.6 is 27.7 Å². The van der Waals surface area contributed by atoms with E-state index in [1.807, 2.05) is 79.0 Å². The van der Waals surface area contributed by atoms with E-state index < -0.39 is 0 Å². The van der Waals surface area contributed by atoms with Crippen LogP contribution in [0.5, 0.6) is 0 Å². The summed E-state index contributed by atoms with van der Waals surface area (Å²) >= 11 is 4.94. The van der Waals surface area contributed by atoms with Gasteiger partial charge < -0.3 is 9.30 Å². The zero-order valence-electron chi connectivity index (χ0n) is 17.1. The third-order valence-corrected chi connectivity index (χ3v) is 6.24. The van der Waals surface area contributed by atoms with E-state index in [2.05, 4.69) is 20.5 Å². The number of hydrogen-bond acceptors (Lipinski definition) is 4. The zero-order valence-corrected chi connectivity index (χ0v) is 19.5. The number of methoxy groups -OCH3 is 1. The first-order valence-electron chi connectivity index (χ1n) is 9.93. The summed E-state index contributed by atoms with van der Waals surface area (Å²) in [7, 11) is 1.67. The Kier molecular flexibility index (Phi) is 7.06. The van der Waals surface area contributed by atoms with E-state index in [1.165, 1.54) is 11.8 Å². The van der Waals surface area contributed by atoms with Gasteiger partial charge in [-0.15, -0.1) is 0 Å². The molecule has 5 nitrogen and oxygen atoms in total. The highest BCUT2D eigenvalue weighted by atomic mass is 79.9. The van der Waals surface area contributed by atoms with E-state index in [1.54, 1.807) is 12.0 Å². The Morgan fingerprint density at radius 3 is 2.71 bits per heavy atom. The highest BCUT2D eigenvalue weighted by Gasteiger charge is 2.33. The quantitative estimate of drug-likeness (QED) is 0.303. The smallest absolute Gasteiger partial charge is 0.266 e. The first-order chi connectivity index (χ1) is 15.2. The first-order valence-corrected chi connectivity index (χ1v) is 11.5. The van der Waals surface area contributed by atoms with Crippen LogP contribution in [-0.2, 0) is 9.53 Å². The molecule has 0 N–H and O–H groups in total. The Morgan fingerprint density at radius 1 is 1.10 bits per heavy atom. The average molecular weight is 496 g/mol. The van der Waals surface area contributed by atoms with E-state index in [4.69, 9.17) is 9.73 Å². The zero-order chi connectivity index (χ0) is 21.6. The summed E-state index contributed by atoms with van der Waals surface area (Å²) in [6, 6.07) is 21.8. The summed E-state index contributed by atoms with van der Waals surface area (Å²) in [6.07, 6.45) is 4.68. The lowest BCUT2D eigenvalue weighted by atomic mass is 10.3. The summed E-state index contributed by atoms with van der Waals surface area (Å²) < 4.78 is 8.24. The molecule has 2 aromatic carbocycles. The molecule has 1 amide bonds. The number of carbonyl (C=O) groups excluding carboxylic acids is 1. The van der Waals surface area contributed by atoms with Crippen molar-refractivity contribution in [2.75, 3.05) is 20.3 Å². The van der Waals surface area contributed by atoms with Crippen LogP contribution in [0.3, 0.4) is 0 Å². The fourth-order valence-corrected chi connectivity index (χ4v) is 4.67. The molecule has 0 bridgehead atoms. The van der Waals surface area contributed by atoms with Gasteiger partial charge in [0.15, 0.2) is 5.17 Å². The number of halogens is 1. The molecule has 0 radical (unpaired) electrons. The summed E-state index contributed by atoms with van der Waals surface area (Å²) in [5.74, 6) is -0.0298. The largest absolute Gasteiger partial charge is 0.385 e. The van der Waals surface area contributed by atoms with Crippen LogP contribution in [0.1, 0.15) is 12.1 Å². The van der Waals surface area contributed by atoms with Crippen molar-refractivity contribution in [1.82, 2.24) is 9.47 Å². The van der Waals surface area contributed by atoms with Gasteiger partial charge in [0.25, 0.3) is 5.91 Å². The van der Waals surface area contributed by atoms with Gasteiger partial charge in [-0.2, -0.15) is 0 Å². The maximum Gasteiger partial charge on any atom is 0.266 e. The fraction of sp³-hybridized carbons (Fsp3) is 0.167. The molecule has 1 aromatic heterocycles. The van der Waals surface area contributed by atoms with Crippen molar-refractivity contribution < 1.29 is 9.53 Å². The highest BCUT2D eigenvalue weighted by Crippen LogP contribution is 2.34. The van der Waals surface area contributed by atoms with E-state index in [9.17, 15) is 4.79 Å². The number of benzene rings is 2. The average Bonchev–Trinajstić information content (AvgIpc) is 3.35. The second kappa shape index (κ2) is 10.1. The number of para-hydroxylation sites is 1. The van der Waals surface area contributed by atoms with Gasteiger partial charge in [0.05, 0.1) is 10.6 Å². The van der Waals surface area contributed by atoms with Gasteiger partial charge in [0, 0.05) is 42.3 Å². The molecule has 1 saturated heterocycles. The van der Waals surface area contributed by atoms with E-state index in [0.717, 1.165) is 28.0 Å². The van der Waals surface area contributed by atoms with Crippen LogP contribution in [0.2, 0.25) is 0 Å². The lowest BCUT2D eigenvalue weighted by Gasteiger charge is -2.15. The maximum absolute atomic E-state index is 13.2. The van der Waals surface area contributed by atoms with Gasteiger partial charge >= 0.3 is 0 Å². The number of aromatic nitrogens is 1. The summed E-state index contributed by atoms with van der Waals surface area (Å²) in [5, 5.41) is 0.694. The van der Waals surface area contributed by atoms with Crippen LogP contribution in [0.4, 0.5) is 5.69 Å². The van der Waals surface area contributed by atoms with Crippen molar-refractivity contribution >= 4 is 50.5 Å². The molecule has 3 aromatic rings. The molecule has 1 aliphatic heterocycles. The lowest BCUT2D eigenvalue weighted by molar-refractivity contribution is -0.122. The van der Waals surface area contributed by atoms with Crippen LogP contribution in [0.25, 0.3) is 11.8 Å². The minimum Gasteiger partial charge on any atom is -0.385 e. The lowest BCUT2D eigenvalue weighted by Crippen LogP contribution is -2.30. The van der Waals surface area contributed by atoms with Crippen molar-refractivity contribution in [2.45, 2.75) is 6.42 Å². The third-order valence-electron chi connectivity index (χ3n) is 4.74. The Morgan fingerprint density at radius 2 is 1.94 bits per heavy atom. The molecule has 1 aliphatic rings. The van der Waals surface area contributed by atoms with Crippen molar-refractivity contribution in [3.8, 4) is 5.69 Å². The summed E-state index contributed by atoms with van der Waals surface area (Å²) in [4.78, 5) is 20.4. The normalized spacial score (nSPS) is 16.6. The number of thioether (sulfide) groups is 1. The molecule has 0 unspecified atom stereocenters. The highest BCUT2D eigenvalue weighted by molar-refractivity contribution is 9.10. The molecule has 0 atom stereocenters. The second-order valence-electron chi connectivity index (χ2n) is 6.93. The topological polar surface area (TPSA) is 46.8 Å². The van der Waals surface area contributed by atoms with Gasteiger partial charge in [0.2, 0.25) is 0 Å². The van der Waals surface area contributed by atoms with Gasteiger partial charge in [-0.1, -0.05) is 40.2 Å². The number of nitrogens with zero attached hydrogens (tertiary/aromatic N) is 3. The predicted molar refractivity (Wildman–Crippen MR) is 131 cm³/mol. The van der Waals surface area contributed by atoms with Crippen LogP contribution in [-0.4, -0.2) is 40.8 Å². The van der Waals surface area contributed by atoms with Crippen LogP contribution in [0, 0.1) is 0 Å². The minimum absolute atomic E-state index is 0.0298. The van der Waals surface area contributed by atoms with E-state index >= 15 is 0 Å². The molecular formula is C24H22BrN3O2S. The molecule has 1 fully saturated rings. The molecular weight excluding hydrogens is 474 g/mol. The van der Waals surface area contributed by atoms with Crippen molar-refractivity contribution in [3.63, 3.8) is 0 Å². The number of carbonyl (C=O) groups is 1. The number of ether oxygens (including phenoxy) is 1. The second-order valence-corrected chi connectivity index (χ2v) is 8.85. The standard InChI is InChI=1S/C24H22BrN3O2S/c1-30-15-7-14-28-23(29)22(31-24(28)26-19-9-3-2-4-10-19)17-21-12-6-13-27(21)20-11-5-8-18(25)16-20/h2-6,8-13,16-17H,7,14-15H2,1H3/b22-17-,26-24?. The summed E-state index contributed by atoms with van der Waals surface area (Å²) in [6.45, 7) is 1.16. The third kappa shape index (κ3) is 5.18. The Bertz CT molecular complexity index is 1120. The first kappa shape index (κ1) is 21.6. The van der Waals surface area contributed by atoms with Gasteiger partial charge in [-0.05, 0) is 66.7 Å². The van der Waals surface area contributed by atoms with Crippen molar-refractivity contribution in [3.05, 3.63) is 88.0 Å². The van der Waals surface area contributed by atoms with Crippen molar-refractivity contribution in [2.24, 2.45) is 4.99 Å². The van der Waals surface area contributed by atoms with E-state index in [-0.39, 0.29) is 5.91 Å². The Labute approximate surface area is 194 Å². The SMILES string of the molecule is COCCCN1C(=O)/C(=C/c2cccn2-c2cccc(Br)c2)SC1=Nc1ccccc1. The molecule has 0 aliphatic carbocycles. The molecule has 2 heterocycles. The van der Waals surface area contributed by atoms with Gasteiger partial charge in [-0.3, -0.25) is 9.69 Å². The van der Waals surface area contributed by atoms with Gasteiger partial charge in [0.1, 0.15) is 0 Å². The summed E-state index contributed by atoms with van der Waals surface area (Å²) in [5.41, 5.74) is 2.79. The number of amides is 1. The molecule has 7 heteroatoms. The predicted octanol–water partition coefficient (Wildman–Crippen LogP) is 5.88. The Hall–Kier alpha value is -2.61. The Balaban J connectivity index is 1.66. The number of amidine groups is 1. The number of hydrogen-bond donors (Lipinski definition) is 0. The molecule has 158 valence electrons. The van der Waals surface area contributed by atoms with Crippen LogP contribution < -0.4 is 0 Å². The minimum atomic E-state index is -0.0298. The van der Waals surface area contributed by atoms with Crippen LogP contribution in [0.15, 0.2) is 87.3 Å². The molecule has 31 heavy (non-hydrogen) atoms. The fourth-order valence-electron chi connectivity index (χ4n) is 3.28. The molecule has 0 spiro atoms.